The molecule has 1 aromatic heterocycles. The number of carbonyl (C=O) groups is 1. The number of hydrogen-bond acceptors (Lipinski definition) is 3. The number of ketones is 1. The Morgan fingerprint density at radius 2 is 1.93 bits per heavy atom. The molecule has 138 valence electrons. The fourth-order valence-electron chi connectivity index (χ4n) is 4.26. The lowest BCUT2D eigenvalue weighted by molar-refractivity contribution is 0.0742. The van der Waals surface area contributed by atoms with E-state index in [9.17, 15) is 13.6 Å². The van der Waals surface area contributed by atoms with E-state index in [2.05, 4.69) is 10.3 Å². The van der Waals surface area contributed by atoms with E-state index in [1.165, 1.54) is 12.1 Å². The average molecular weight is 368 g/mol. The quantitative estimate of drug-likeness (QED) is 0.711. The third-order valence-corrected chi connectivity index (χ3v) is 5.48. The summed E-state index contributed by atoms with van der Waals surface area (Å²) in [5.74, 6) is -1.20. The molecule has 3 aromatic rings. The number of nitrogens with one attached hydrogen (secondary N) is 2. The van der Waals surface area contributed by atoms with E-state index in [4.69, 9.17) is 4.74 Å². The predicted octanol–water partition coefficient (Wildman–Crippen LogP) is 4.25. The maximum absolute atomic E-state index is 14.8. The molecule has 2 aliphatic rings. The van der Waals surface area contributed by atoms with Gasteiger partial charge in [0.15, 0.2) is 5.78 Å². The molecular weight excluding hydrogens is 350 g/mol. The van der Waals surface area contributed by atoms with Gasteiger partial charge < -0.3 is 15.0 Å². The second-order valence-corrected chi connectivity index (χ2v) is 7.13. The fourth-order valence-corrected chi connectivity index (χ4v) is 4.26. The van der Waals surface area contributed by atoms with Gasteiger partial charge in [-0.25, -0.2) is 8.78 Å². The van der Waals surface area contributed by atoms with E-state index in [1.54, 1.807) is 12.1 Å². The van der Waals surface area contributed by atoms with Gasteiger partial charge in [-0.15, -0.1) is 0 Å². The molecule has 0 aliphatic carbocycles. The smallest absolute Gasteiger partial charge is 0.189 e. The summed E-state index contributed by atoms with van der Waals surface area (Å²) in [6, 6.07) is 7.86. The van der Waals surface area contributed by atoms with Gasteiger partial charge in [0.1, 0.15) is 18.2 Å². The first-order chi connectivity index (χ1) is 13.1. The third-order valence-electron chi connectivity index (χ3n) is 5.48. The minimum atomic E-state index is -0.555. The van der Waals surface area contributed by atoms with Crippen LogP contribution in [0.25, 0.3) is 22.2 Å². The van der Waals surface area contributed by atoms with Crippen LogP contribution in [-0.2, 0) is 11.3 Å². The van der Waals surface area contributed by atoms with Crippen molar-refractivity contribution in [1.29, 1.82) is 0 Å². The van der Waals surface area contributed by atoms with Crippen molar-refractivity contribution in [3.63, 3.8) is 0 Å². The van der Waals surface area contributed by atoms with Crippen molar-refractivity contribution < 1.29 is 18.3 Å². The zero-order chi connectivity index (χ0) is 18.5. The van der Waals surface area contributed by atoms with E-state index in [-0.39, 0.29) is 30.6 Å². The van der Waals surface area contributed by atoms with Crippen LogP contribution in [0.5, 0.6) is 0 Å². The molecule has 2 aromatic carbocycles. The van der Waals surface area contributed by atoms with Crippen LogP contribution in [-0.4, -0.2) is 23.9 Å². The van der Waals surface area contributed by atoms with Crippen LogP contribution in [0, 0.1) is 11.6 Å². The first-order valence-electron chi connectivity index (χ1n) is 9.10. The lowest BCUT2D eigenvalue weighted by Crippen LogP contribution is -2.16. The summed E-state index contributed by atoms with van der Waals surface area (Å²) in [7, 11) is 0. The Hall–Kier alpha value is -2.57. The van der Waals surface area contributed by atoms with E-state index in [0.29, 0.717) is 16.8 Å². The number of carbonyl (C=O) groups excluding carboxylic acids is 1. The molecule has 27 heavy (non-hydrogen) atoms. The van der Waals surface area contributed by atoms with Crippen molar-refractivity contribution in [2.45, 2.75) is 25.5 Å². The molecule has 4 nitrogen and oxygen atoms in total. The molecule has 0 spiro atoms. The maximum Gasteiger partial charge on any atom is 0.189 e. The van der Waals surface area contributed by atoms with Gasteiger partial charge in [-0.05, 0) is 37.6 Å². The van der Waals surface area contributed by atoms with Crippen molar-refractivity contribution in [2.24, 2.45) is 0 Å². The molecule has 1 saturated heterocycles. The van der Waals surface area contributed by atoms with Crippen molar-refractivity contribution in [3.05, 3.63) is 58.7 Å². The molecule has 0 saturated carbocycles. The zero-order valence-electron chi connectivity index (χ0n) is 14.6. The van der Waals surface area contributed by atoms with Crippen molar-refractivity contribution in [3.8, 4) is 11.3 Å². The monoisotopic (exact) mass is 368 g/mol. The minimum Gasteiger partial charge on any atom is -0.369 e. The van der Waals surface area contributed by atoms with E-state index >= 15 is 0 Å². The number of rotatable bonds is 2. The number of hydrogen-bond donors (Lipinski definition) is 2. The standard InChI is InChI=1S/C21H18F2N2O2/c22-14-7-11(8-15(23)20(14)16-5-2-6-24-16)21-13-9-27-10-18(26)12-3-1-4-17(25-21)19(12)13/h1,3-4,7-8,16,24-25H,2,5-6,9-10H2. The molecular formula is C21H18F2N2O2. The molecule has 6 heteroatoms. The van der Waals surface area contributed by atoms with Crippen LogP contribution in [0.15, 0.2) is 30.3 Å². The number of halogens is 2. The lowest BCUT2D eigenvalue weighted by atomic mass is 9.98. The van der Waals surface area contributed by atoms with E-state index < -0.39 is 11.6 Å². The third kappa shape index (κ3) is 2.59. The van der Waals surface area contributed by atoms with Gasteiger partial charge in [-0.3, -0.25) is 4.79 Å². The molecule has 1 unspecified atom stereocenters. The molecule has 0 amide bonds. The number of Topliss-reactive ketones (excluding diaryl/α,β-unsaturated/α-hetero) is 1. The number of aromatic amines is 1. The molecule has 2 aliphatic heterocycles. The van der Waals surface area contributed by atoms with Crippen LogP contribution < -0.4 is 5.32 Å². The Morgan fingerprint density at radius 1 is 1.11 bits per heavy atom. The van der Waals surface area contributed by atoms with Crippen molar-refractivity contribution in [2.75, 3.05) is 13.2 Å². The van der Waals surface area contributed by atoms with Gasteiger partial charge in [-0.2, -0.15) is 0 Å². The molecule has 1 fully saturated rings. The number of aromatic nitrogens is 1. The Kier molecular flexibility index (Phi) is 3.84. The van der Waals surface area contributed by atoms with Crippen LogP contribution in [0.4, 0.5) is 8.78 Å². The predicted molar refractivity (Wildman–Crippen MR) is 97.6 cm³/mol. The second-order valence-electron chi connectivity index (χ2n) is 7.13. The number of ether oxygens (including phenoxy) is 1. The van der Waals surface area contributed by atoms with Crippen molar-refractivity contribution >= 4 is 16.7 Å². The highest BCUT2D eigenvalue weighted by Crippen LogP contribution is 2.37. The summed E-state index contributed by atoms with van der Waals surface area (Å²) in [6.45, 7) is 0.987. The van der Waals surface area contributed by atoms with Gasteiger partial charge in [0.2, 0.25) is 0 Å². The Bertz CT molecular complexity index is 1040. The SMILES string of the molecule is O=C1COCc2c(-c3cc(F)c(C4CCCN4)c(F)c3)[nH]c3cccc1c23. The molecule has 2 N–H and O–H groups in total. The summed E-state index contributed by atoms with van der Waals surface area (Å²) < 4.78 is 35.1. The van der Waals surface area contributed by atoms with Gasteiger partial charge >= 0.3 is 0 Å². The molecule has 1 atom stereocenters. The van der Waals surface area contributed by atoms with Gasteiger partial charge in [-0.1, -0.05) is 12.1 Å². The van der Waals surface area contributed by atoms with Crippen molar-refractivity contribution in [1.82, 2.24) is 10.3 Å². The molecule has 0 radical (unpaired) electrons. The minimum absolute atomic E-state index is 0.00223. The van der Waals surface area contributed by atoms with Gasteiger partial charge in [0.25, 0.3) is 0 Å². The van der Waals surface area contributed by atoms with E-state index in [1.807, 2.05) is 6.07 Å². The molecule has 0 bridgehead atoms. The summed E-state index contributed by atoms with van der Waals surface area (Å²) in [4.78, 5) is 15.5. The van der Waals surface area contributed by atoms with Crippen LogP contribution >= 0.6 is 0 Å². The average Bonchev–Trinajstić information content (AvgIpc) is 3.25. The topological polar surface area (TPSA) is 54.1 Å². The first-order valence-corrected chi connectivity index (χ1v) is 9.10. The summed E-state index contributed by atoms with van der Waals surface area (Å²) >= 11 is 0. The van der Waals surface area contributed by atoms with E-state index in [0.717, 1.165) is 35.9 Å². The largest absolute Gasteiger partial charge is 0.369 e. The van der Waals surface area contributed by atoms with Gasteiger partial charge in [0.05, 0.1) is 12.3 Å². The highest BCUT2D eigenvalue weighted by Gasteiger charge is 2.27. The summed E-state index contributed by atoms with van der Waals surface area (Å²) in [6.07, 6.45) is 1.63. The molecule has 3 heterocycles. The Morgan fingerprint density at radius 3 is 2.67 bits per heavy atom. The number of benzene rings is 2. The first kappa shape index (κ1) is 16.6. The highest BCUT2D eigenvalue weighted by molar-refractivity contribution is 6.11. The normalized spacial score (nSPS) is 19.6. The maximum atomic E-state index is 14.8. The fraction of sp³-hybridized carbons (Fsp3) is 0.286. The lowest BCUT2D eigenvalue weighted by Gasteiger charge is -2.14. The number of H-pyrrole nitrogens is 1. The summed E-state index contributed by atoms with van der Waals surface area (Å²) in [5.41, 5.74) is 3.22. The zero-order valence-corrected chi connectivity index (χ0v) is 14.6. The highest BCUT2D eigenvalue weighted by atomic mass is 19.1. The van der Waals surface area contributed by atoms with Crippen LogP contribution in [0.3, 0.4) is 0 Å². The Balaban J connectivity index is 1.69. The van der Waals surface area contributed by atoms with Crippen LogP contribution in [0.1, 0.15) is 40.4 Å². The van der Waals surface area contributed by atoms with Gasteiger partial charge in [0, 0.05) is 39.2 Å². The van der Waals surface area contributed by atoms with Crippen LogP contribution in [0.2, 0.25) is 0 Å². The second kappa shape index (κ2) is 6.25. The molecule has 5 rings (SSSR count). The Labute approximate surface area is 154 Å². The summed E-state index contributed by atoms with van der Waals surface area (Å²) in [5, 5.41) is 3.92.